The molecule has 0 saturated carbocycles. The normalized spacial score (nSPS) is 10.5. The summed E-state index contributed by atoms with van der Waals surface area (Å²) in [4.78, 5) is 8.42. The molecule has 0 aromatic carbocycles. The van der Waals surface area contributed by atoms with Gasteiger partial charge in [-0.2, -0.15) is 0 Å². The van der Waals surface area contributed by atoms with Crippen LogP contribution < -0.4 is 5.32 Å². The Morgan fingerprint density at radius 3 is 3.06 bits per heavy atom. The standard InChI is InChI=1S/C12H14ClN3S/c1-2-3-7-15-12-10(13)16-11(17-12)9-5-4-6-14-8-9/h4-6,8,15H,2-3,7H2,1H3. The Balaban J connectivity index is 2.13. The lowest BCUT2D eigenvalue weighted by Gasteiger charge is -2.00. The van der Waals surface area contributed by atoms with Crippen molar-refractivity contribution in [2.75, 3.05) is 11.9 Å². The molecule has 0 bridgehead atoms. The summed E-state index contributed by atoms with van der Waals surface area (Å²) in [7, 11) is 0. The monoisotopic (exact) mass is 267 g/mol. The van der Waals surface area contributed by atoms with E-state index in [1.54, 1.807) is 23.7 Å². The highest BCUT2D eigenvalue weighted by Crippen LogP contribution is 2.34. The van der Waals surface area contributed by atoms with Gasteiger partial charge >= 0.3 is 0 Å². The van der Waals surface area contributed by atoms with Crippen LogP contribution in [0.1, 0.15) is 19.8 Å². The number of thiazole rings is 1. The predicted molar refractivity (Wildman–Crippen MR) is 73.8 cm³/mol. The molecule has 0 aliphatic rings. The molecule has 0 saturated heterocycles. The largest absolute Gasteiger partial charge is 0.374 e. The van der Waals surface area contributed by atoms with Gasteiger partial charge in [-0.1, -0.05) is 36.3 Å². The number of nitrogens with one attached hydrogen (secondary N) is 1. The van der Waals surface area contributed by atoms with Crippen LogP contribution in [0, 0.1) is 0 Å². The first-order valence-corrected chi connectivity index (χ1v) is 6.81. The minimum Gasteiger partial charge on any atom is -0.374 e. The first kappa shape index (κ1) is 12.3. The molecule has 17 heavy (non-hydrogen) atoms. The SMILES string of the molecule is CCCCNc1sc(-c2cccnc2)nc1Cl. The maximum Gasteiger partial charge on any atom is 0.164 e. The molecule has 0 unspecified atom stereocenters. The number of pyridine rings is 1. The Morgan fingerprint density at radius 2 is 2.35 bits per heavy atom. The summed E-state index contributed by atoms with van der Waals surface area (Å²) in [5.41, 5.74) is 1.00. The average Bonchev–Trinajstić information content (AvgIpc) is 2.73. The van der Waals surface area contributed by atoms with Gasteiger partial charge in [0, 0.05) is 24.5 Å². The van der Waals surface area contributed by atoms with E-state index in [1.165, 1.54) is 6.42 Å². The van der Waals surface area contributed by atoms with Gasteiger partial charge in [-0.05, 0) is 18.6 Å². The molecule has 2 rings (SSSR count). The van der Waals surface area contributed by atoms with Crippen molar-refractivity contribution in [1.29, 1.82) is 0 Å². The fraction of sp³-hybridized carbons (Fsp3) is 0.333. The van der Waals surface area contributed by atoms with Gasteiger partial charge in [0.15, 0.2) is 5.15 Å². The van der Waals surface area contributed by atoms with Crippen LogP contribution >= 0.6 is 22.9 Å². The average molecular weight is 268 g/mol. The van der Waals surface area contributed by atoms with Gasteiger partial charge in [0.2, 0.25) is 0 Å². The molecule has 0 aliphatic carbocycles. The van der Waals surface area contributed by atoms with E-state index in [0.717, 1.165) is 28.5 Å². The molecular formula is C12H14ClN3S. The molecule has 0 amide bonds. The van der Waals surface area contributed by atoms with Crippen molar-refractivity contribution in [3.63, 3.8) is 0 Å². The Bertz CT molecular complexity index is 470. The summed E-state index contributed by atoms with van der Waals surface area (Å²) in [5, 5.41) is 5.70. The zero-order chi connectivity index (χ0) is 12.1. The lowest BCUT2D eigenvalue weighted by Crippen LogP contribution is -1.98. The number of aromatic nitrogens is 2. The minimum absolute atomic E-state index is 0.546. The molecule has 2 heterocycles. The molecule has 0 aliphatic heterocycles. The third-order valence-corrected chi connectivity index (χ3v) is 3.76. The lowest BCUT2D eigenvalue weighted by molar-refractivity contribution is 0.835. The molecule has 0 atom stereocenters. The minimum atomic E-state index is 0.546. The summed E-state index contributed by atoms with van der Waals surface area (Å²) in [6, 6.07) is 3.88. The number of hydrogen-bond donors (Lipinski definition) is 1. The van der Waals surface area contributed by atoms with E-state index in [2.05, 4.69) is 22.2 Å². The maximum atomic E-state index is 6.09. The fourth-order valence-electron chi connectivity index (χ4n) is 1.40. The van der Waals surface area contributed by atoms with E-state index in [1.807, 2.05) is 12.1 Å². The Hall–Kier alpha value is -1.13. The van der Waals surface area contributed by atoms with Gasteiger partial charge < -0.3 is 5.32 Å². The van der Waals surface area contributed by atoms with Crippen LogP contribution in [0.2, 0.25) is 5.15 Å². The summed E-state index contributed by atoms with van der Waals surface area (Å²) in [6.07, 6.45) is 5.85. The van der Waals surface area contributed by atoms with Gasteiger partial charge in [-0.15, -0.1) is 0 Å². The Morgan fingerprint density at radius 1 is 1.47 bits per heavy atom. The second-order valence-electron chi connectivity index (χ2n) is 3.66. The van der Waals surface area contributed by atoms with E-state index in [9.17, 15) is 0 Å². The first-order chi connectivity index (χ1) is 8.31. The predicted octanol–water partition coefficient (Wildman–Crippen LogP) is 4.07. The van der Waals surface area contributed by atoms with Crippen molar-refractivity contribution >= 4 is 27.9 Å². The van der Waals surface area contributed by atoms with Crippen molar-refractivity contribution in [2.24, 2.45) is 0 Å². The number of rotatable bonds is 5. The quantitative estimate of drug-likeness (QED) is 0.830. The second-order valence-corrected chi connectivity index (χ2v) is 5.02. The van der Waals surface area contributed by atoms with Crippen LogP contribution in [0.15, 0.2) is 24.5 Å². The third-order valence-electron chi connectivity index (χ3n) is 2.31. The van der Waals surface area contributed by atoms with Crippen LogP contribution in [0.25, 0.3) is 10.6 Å². The zero-order valence-corrected chi connectivity index (χ0v) is 11.2. The van der Waals surface area contributed by atoms with E-state index in [4.69, 9.17) is 11.6 Å². The summed E-state index contributed by atoms with van der Waals surface area (Å²) in [6.45, 7) is 3.10. The fourth-order valence-corrected chi connectivity index (χ4v) is 2.59. The molecule has 0 spiro atoms. The molecule has 0 radical (unpaired) electrons. The van der Waals surface area contributed by atoms with Crippen LogP contribution in [-0.2, 0) is 0 Å². The van der Waals surface area contributed by atoms with E-state index < -0.39 is 0 Å². The van der Waals surface area contributed by atoms with Crippen LogP contribution in [0.4, 0.5) is 5.00 Å². The van der Waals surface area contributed by atoms with Gasteiger partial charge in [-0.25, -0.2) is 4.98 Å². The molecular weight excluding hydrogens is 254 g/mol. The summed E-state index contributed by atoms with van der Waals surface area (Å²) < 4.78 is 0. The van der Waals surface area contributed by atoms with Crippen LogP contribution in [0.3, 0.4) is 0 Å². The van der Waals surface area contributed by atoms with Crippen molar-refractivity contribution in [3.05, 3.63) is 29.7 Å². The first-order valence-electron chi connectivity index (χ1n) is 5.62. The summed E-state index contributed by atoms with van der Waals surface area (Å²) in [5.74, 6) is 0. The van der Waals surface area contributed by atoms with Crippen molar-refractivity contribution in [2.45, 2.75) is 19.8 Å². The second kappa shape index (κ2) is 5.98. The van der Waals surface area contributed by atoms with Crippen LogP contribution in [0.5, 0.6) is 0 Å². The highest BCUT2D eigenvalue weighted by Gasteiger charge is 2.10. The van der Waals surface area contributed by atoms with Gasteiger partial charge in [0.05, 0.1) is 0 Å². The molecule has 0 fully saturated rings. The maximum absolute atomic E-state index is 6.09. The number of unbranched alkanes of at least 4 members (excludes halogenated alkanes) is 1. The molecule has 2 aromatic heterocycles. The van der Waals surface area contributed by atoms with Gasteiger partial charge in [0.25, 0.3) is 0 Å². The Kier molecular flexibility index (Phi) is 4.34. The highest BCUT2D eigenvalue weighted by atomic mass is 35.5. The molecule has 3 nitrogen and oxygen atoms in total. The molecule has 90 valence electrons. The van der Waals surface area contributed by atoms with Crippen molar-refractivity contribution in [1.82, 2.24) is 9.97 Å². The smallest absolute Gasteiger partial charge is 0.164 e. The molecule has 1 N–H and O–H groups in total. The zero-order valence-electron chi connectivity index (χ0n) is 9.61. The Labute approximate surface area is 110 Å². The third kappa shape index (κ3) is 3.17. The summed E-state index contributed by atoms with van der Waals surface area (Å²) >= 11 is 7.66. The van der Waals surface area contributed by atoms with Gasteiger partial charge in [0.1, 0.15) is 10.0 Å². The number of hydrogen-bond acceptors (Lipinski definition) is 4. The van der Waals surface area contributed by atoms with E-state index >= 15 is 0 Å². The topological polar surface area (TPSA) is 37.8 Å². The molecule has 2 aromatic rings. The van der Waals surface area contributed by atoms with Crippen LogP contribution in [-0.4, -0.2) is 16.5 Å². The number of halogens is 1. The van der Waals surface area contributed by atoms with Gasteiger partial charge in [-0.3, -0.25) is 4.98 Å². The number of anilines is 1. The molecule has 5 heteroatoms. The van der Waals surface area contributed by atoms with Crippen molar-refractivity contribution in [3.8, 4) is 10.6 Å². The van der Waals surface area contributed by atoms with Crippen molar-refractivity contribution < 1.29 is 0 Å². The number of nitrogens with zero attached hydrogens (tertiary/aromatic N) is 2. The highest BCUT2D eigenvalue weighted by molar-refractivity contribution is 7.19. The van der Waals surface area contributed by atoms with E-state index in [-0.39, 0.29) is 0 Å². The lowest BCUT2D eigenvalue weighted by atomic mass is 10.3. The van der Waals surface area contributed by atoms with E-state index in [0.29, 0.717) is 5.15 Å².